The van der Waals surface area contributed by atoms with E-state index in [9.17, 15) is 14.7 Å². The molecule has 150 valence electrons. The molecule has 1 N–H and O–H groups in total. The van der Waals surface area contributed by atoms with Gasteiger partial charge in [0.2, 0.25) is 11.8 Å². The highest BCUT2D eigenvalue weighted by Gasteiger charge is 2.50. The highest BCUT2D eigenvalue weighted by atomic mass is 16.3. The van der Waals surface area contributed by atoms with E-state index in [0.29, 0.717) is 12.2 Å². The molecule has 1 aliphatic rings. The first kappa shape index (κ1) is 20.6. The zero-order valence-electron chi connectivity index (χ0n) is 16.9. The van der Waals surface area contributed by atoms with Crippen LogP contribution in [0.5, 0.6) is 0 Å². The molecule has 2 aromatic rings. The molecule has 0 saturated carbocycles. The van der Waals surface area contributed by atoms with Crippen molar-refractivity contribution < 1.29 is 14.7 Å². The Morgan fingerprint density at radius 3 is 2.38 bits per heavy atom. The fourth-order valence-corrected chi connectivity index (χ4v) is 3.83. The van der Waals surface area contributed by atoms with Gasteiger partial charge in [-0.1, -0.05) is 24.1 Å². The van der Waals surface area contributed by atoms with Crippen LogP contribution in [0.2, 0.25) is 0 Å². The quantitative estimate of drug-likeness (QED) is 0.804. The Balaban J connectivity index is 1.82. The molecule has 3 atom stereocenters. The average molecular weight is 391 g/mol. The van der Waals surface area contributed by atoms with Gasteiger partial charge >= 0.3 is 0 Å². The number of carbonyl (C=O) groups is 2. The van der Waals surface area contributed by atoms with Gasteiger partial charge in [-0.15, -0.1) is 0 Å². The number of aromatic nitrogens is 1. The third-order valence-corrected chi connectivity index (χ3v) is 5.39. The van der Waals surface area contributed by atoms with E-state index in [2.05, 4.69) is 16.8 Å². The summed E-state index contributed by atoms with van der Waals surface area (Å²) in [7, 11) is 1.72. The van der Waals surface area contributed by atoms with Crippen molar-refractivity contribution in [3.8, 4) is 11.8 Å². The van der Waals surface area contributed by atoms with Gasteiger partial charge in [0.1, 0.15) is 5.69 Å². The summed E-state index contributed by atoms with van der Waals surface area (Å²) >= 11 is 0. The Kier molecular flexibility index (Phi) is 6.30. The molecule has 1 aromatic carbocycles. The van der Waals surface area contributed by atoms with Crippen molar-refractivity contribution in [3.63, 3.8) is 0 Å². The van der Waals surface area contributed by atoms with Crippen molar-refractivity contribution in [2.45, 2.75) is 31.8 Å². The average Bonchev–Trinajstić information content (AvgIpc) is 2.70. The summed E-state index contributed by atoms with van der Waals surface area (Å²) in [5.41, 5.74) is 2.59. The monoisotopic (exact) mass is 391 g/mol. The molecule has 2 amide bonds. The molecule has 2 heterocycles. The normalized spacial score (nSPS) is 20.3. The largest absolute Gasteiger partial charge is 0.394 e. The van der Waals surface area contributed by atoms with Crippen LogP contribution in [-0.2, 0) is 9.59 Å². The molecular weight excluding hydrogens is 366 g/mol. The molecule has 0 unspecified atom stereocenters. The summed E-state index contributed by atoms with van der Waals surface area (Å²) in [6.07, 6.45) is 1.71. The summed E-state index contributed by atoms with van der Waals surface area (Å²) in [6.45, 7) is 3.31. The van der Waals surface area contributed by atoms with Crippen molar-refractivity contribution in [3.05, 3.63) is 65.5 Å². The predicted octanol–water partition coefficient (Wildman–Crippen LogP) is 1.63. The smallest absolute Gasteiger partial charge is 0.220 e. The number of aliphatic hydroxyl groups is 1. The molecule has 6 heteroatoms. The number of aliphatic hydroxyl groups excluding tert-OH is 1. The number of hydrogen-bond donors (Lipinski definition) is 1. The van der Waals surface area contributed by atoms with E-state index in [1.807, 2.05) is 42.5 Å². The minimum absolute atomic E-state index is 0.0384. The Labute approximate surface area is 171 Å². The molecule has 0 radical (unpaired) electrons. The number of likely N-dealkylation sites (tertiary alicyclic amines) is 1. The first-order valence-corrected chi connectivity index (χ1v) is 9.57. The third kappa shape index (κ3) is 4.47. The predicted molar refractivity (Wildman–Crippen MR) is 110 cm³/mol. The fourth-order valence-electron chi connectivity index (χ4n) is 3.83. The van der Waals surface area contributed by atoms with Crippen molar-refractivity contribution >= 4 is 11.8 Å². The Morgan fingerprint density at radius 1 is 1.10 bits per heavy atom. The van der Waals surface area contributed by atoms with E-state index in [4.69, 9.17) is 0 Å². The molecule has 0 spiro atoms. The van der Waals surface area contributed by atoms with Crippen LogP contribution in [0.25, 0.3) is 0 Å². The molecular formula is C23H25N3O3. The fraction of sp³-hybridized carbons (Fsp3) is 0.348. The van der Waals surface area contributed by atoms with Crippen LogP contribution < -0.4 is 0 Å². The molecule has 1 saturated heterocycles. The lowest BCUT2D eigenvalue weighted by atomic mass is 9.74. The molecule has 29 heavy (non-hydrogen) atoms. The molecule has 6 nitrogen and oxygen atoms in total. The van der Waals surface area contributed by atoms with Gasteiger partial charge in [-0.2, -0.15) is 0 Å². The molecule has 1 aliphatic heterocycles. The van der Waals surface area contributed by atoms with E-state index < -0.39 is 0 Å². The minimum atomic E-state index is -0.289. The van der Waals surface area contributed by atoms with E-state index in [1.165, 1.54) is 13.8 Å². The van der Waals surface area contributed by atoms with Crippen LogP contribution in [0, 0.1) is 11.8 Å². The minimum Gasteiger partial charge on any atom is -0.394 e. The highest BCUT2D eigenvalue weighted by molar-refractivity contribution is 5.77. The van der Waals surface area contributed by atoms with E-state index in [-0.39, 0.29) is 36.4 Å². The van der Waals surface area contributed by atoms with Gasteiger partial charge in [0.05, 0.1) is 18.7 Å². The topological polar surface area (TPSA) is 73.7 Å². The SMILES string of the molecule is CC(=O)N(C)C[C@@H]1[C@@H](c2ccc(C#Cc3ccccn3)cc2)[C@@H](CO)N1C(C)=O. The van der Waals surface area contributed by atoms with Gasteiger partial charge in [0.25, 0.3) is 0 Å². The third-order valence-electron chi connectivity index (χ3n) is 5.39. The summed E-state index contributed by atoms with van der Waals surface area (Å²) in [4.78, 5) is 31.2. The summed E-state index contributed by atoms with van der Waals surface area (Å²) < 4.78 is 0. The Bertz CT molecular complexity index is 931. The maximum Gasteiger partial charge on any atom is 0.220 e. The van der Waals surface area contributed by atoms with Crippen LogP contribution in [0.3, 0.4) is 0 Å². The lowest BCUT2D eigenvalue weighted by Gasteiger charge is -2.55. The van der Waals surface area contributed by atoms with Crippen LogP contribution >= 0.6 is 0 Å². The number of carbonyl (C=O) groups excluding carboxylic acids is 2. The maximum atomic E-state index is 12.1. The molecule has 3 rings (SSSR count). The summed E-state index contributed by atoms with van der Waals surface area (Å²) in [5, 5.41) is 9.86. The van der Waals surface area contributed by atoms with Crippen LogP contribution in [0.15, 0.2) is 48.7 Å². The molecule has 0 aliphatic carbocycles. The highest BCUT2D eigenvalue weighted by Crippen LogP contribution is 2.41. The van der Waals surface area contributed by atoms with Gasteiger partial charge in [0.15, 0.2) is 0 Å². The number of hydrogen-bond acceptors (Lipinski definition) is 4. The Hall–Kier alpha value is -3.17. The van der Waals surface area contributed by atoms with Gasteiger partial charge < -0.3 is 14.9 Å². The van der Waals surface area contributed by atoms with Crippen LogP contribution in [0.1, 0.15) is 36.6 Å². The van der Waals surface area contributed by atoms with Crippen LogP contribution in [-0.4, -0.2) is 64.0 Å². The number of rotatable bonds is 4. The molecule has 1 aromatic heterocycles. The lowest BCUT2D eigenvalue weighted by Crippen LogP contribution is -2.68. The molecule has 1 fully saturated rings. The zero-order chi connectivity index (χ0) is 21.0. The second kappa shape index (κ2) is 8.89. The van der Waals surface area contributed by atoms with E-state index in [1.54, 1.807) is 23.0 Å². The van der Waals surface area contributed by atoms with Gasteiger partial charge in [-0.3, -0.25) is 9.59 Å². The van der Waals surface area contributed by atoms with Crippen molar-refractivity contribution in [1.82, 2.24) is 14.8 Å². The Morgan fingerprint density at radius 2 is 1.83 bits per heavy atom. The van der Waals surface area contributed by atoms with Crippen molar-refractivity contribution in [2.24, 2.45) is 0 Å². The lowest BCUT2D eigenvalue weighted by molar-refractivity contribution is -0.151. The second-order valence-electron chi connectivity index (χ2n) is 7.26. The van der Waals surface area contributed by atoms with Crippen LogP contribution in [0.4, 0.5) is 0 Å². The van der Waals surface area contributed by atoms with Gasteiger partial charge in [0, 0.05) is 45.1 Å². The van der Waals surface area contributed by atoms with Crippen molar-refractivity contribution in [2.75, 3.05) is 20.2 Å². The summed E-state index contributed by atoms with van der Waals surface area (Å²) in [6, 6.07) is 13.0. The second-order valence-corrected chi connectivity index (χ2v) is 7.26. The molecule has 0 bridgehead atoms. The van der Waals surface area contributed by atoms with E-state index in [0.717, 1.165) is 11.1 Å². The van der Waals surface area contributed by atoms with Gasteiger partial charge in [-0.05, 0) is 35.7 Å². The first-order valence-electron chi connectivity index (χ1n) is 9.57. The number of amides is 2. The van der Waals surface area contributed by atoms with E-state index >= 15 is 0 Å². The standard InChI is InChI=1S/C23H25N3O3/c1-16(28)25(3)14-21-23(22(15-27)26(21)17(2)29)19-10-7-18(8-11-19)9-12-20-6-4-5-13-24-20/h4-8,10-11,13,21-23,27H,14-15H2,1-3H3/t21-,22-,23-/m1/s1. The summed E-state index contributed by atoms with van der Waals surface area (Å²) in [5.74, 6) is 5.93. The number of likely N-dealkylation sites (N-methyl/N-ethyl adjacent to an activating group) is 1. The zero-order valence-corrected chi connectivity index (χ0v) is 16.9. The maximum absolute atomic E-state index is 12.1. The van der Waals surface area contributed by atoms with Gasteiger partial charge in [-0.25, -0.2) is 4.98 Å². The van der Waals surface area contributed by atoms with Crippen molar-refractivity contribution in [1.29, 1.82) is 0 Å². The number of benzene rings is 1. The number of pyridine rings is 1. The first-order chi connectivity index (χ1) is 13.9. The number of nitrogens with zero attached hydrogens (tertiary/aromatic N) is 3.